The van der Waals surface area contributed by atoms with Gasteiger partial charge < -0.3 is 4.57 Å². The monoisotopic (exact) mass is 278 g/mol. The van der Waals surface area contributed by atoms with Crippen LogP contribution in [0.2, 0.25) is 0 Å². The lowest BCUT2D eigenvalue weighted by atomic mass is 10.2. The Bertz CT molecular complexity index is 994. The number of nitrogens with zero attached hydrogens (tertiary/aromatic N) is 3. The van der Waals surface area contributed by atoms with Gasteiger partial charge in [-0.2, -0.15) is 4.57 Å². The summed E-state index contributed by atoms with van der Waals surface area (Å²) in [5.74, 6) is 0. The predicted octanol–water partition coefficient (Wildman–Crippen LogP) is 3.10. The van der Waals surface area contributed by atoms with Gasteiger partial charge in [-0.25, -0.2) is 4.98 Å². The number of pyridine rings is 1. The summed E-state index contributed by atoms with van der Waals surface area (Å²) in [6.45, 7) is 0.937. The molecule has 0 saturated heterocycles. The molecule has 0 N–H and O–H groups in total. The molecule has 4 aromatic rings. The normalized spacial score (nSPS) is 13.1. The van der Waals surface area contributed by atoms with Gasteiger partial charge in [-0.15, -0.1) is 0 Å². The first-order chi connectivity index (χ1) is 9.84. The second-order valence-electron chi connectivity index (χ2n) is 5.23. The van der Waals surface area contributed by atoms with Crippen LogP contribution in [0, 0.1) is 0 Å². The number of para-hydroxylation sites is 1. The fraction of sp³-hybridized carbons (Fsp3) is 0.125. The van der Waals surface area contributed by atoms with Crippen LogP contribution in [0.4, 0.5) is 0 Å². The third kappa shape index (κ3) is 1.11. The number of thiazole rings is 1. The Morgan fingerprint density at radius 3 is 3.05 bits per heavy atom. The summed E-state index contributed by atoms with van der Waals surface area (Å²) in [6.07, 6.45) is 1.89. The topological polar surface area (TPSA) is 21.7 Å². The zero-order chi connectivity index (χ0) is 13.3. The molecule has 4 heterocycles. The Morgan fingerprint density at radius 2 is 2.10 bits per heavy atom. The number of fused-ring (bicyclic) bond motifs is 7. The molecular formula is C16H12N3S+. The molecule has 0 atom stereocenters. The van der Waals surface area contributed by atoms with Gasteiger partial charge in [0, 0.05) is 13.2 Å². The van der Waals surface area contributed by atoms with Gasteiger partial charge in [0.2, 0.25) is 0 Å². The first-order valence-electron chi connectivity index (χ1n) is 6.68. The lowest BCUT2D eigenvalue weighted by molar-refractivity contribution is -0.641. The van der Waals surface area contributed by atoms with Crippen molar-refractivity contribution in [3.63, 3.8) is 0 Å². The number of rotatable bonds is 0. The highest BCUT2D eigenvalue weighted by Crippen LogP contribution is 2.37. The molecule has 0 radical (unpaired) electrons. The molecule has 0 fully saturated rings. The van der Waals surface area contributed by atoms with E-state index in [2.05, 4.69) is 51.5 Å². The van der Waals surface area contributed by atoms with Crippen LogP contribution in [-0.4, -0.2) is 9.55 Å². The maximum absolute atomic E-state index is 4.57. The van der Waals surface area contributed by atoms with Crippen molar-refractivity contribution in [1.29, 1.82) is 0 Å². The fourth-order valence-corrected chi connectivity index (χ4v) is 4.51. The third-order valence-electron chi connectivity index (χ3n) is 4.16. The Hall–Kier alpha value is -2.20. The van der Waals surface area contributed by atoms with Gasteiger partial charge in [0.25, 0.3) is 10.5 Å². The molecule has 20 heavy (non-hydrogen) atoms. The molecule has 0 spiro atoms. The predicted molar refractivity (Wildman–Crippen MR) is 80.8 cm³/mol. The molecule has 1 aliphatic rings. The van der Waals surface area contributed by atoms with Crippen LogP contribution in [0.3, 0.4) is 0 Å². The SMILES string of the molecule is Cn1c2ccccc2c2c1sc1[n+]2Cc2cccnc2-1. The number of hydrogen-bond donors (Lipinski definition) is 0. The van der Waals surface area contributed by atoms with E-state index < -0.39 is 0 Å². The summed E-state index contributed by atoms with van der Waals surface area (Å²) in [4.78, 5) is 5.90. The van der Waals surface area contributed by atoms with E-state index in [-0.39, 0.29) is 0 Å². The number of hydrogen-bond acceptors (Lipinski definition) is 2. The van der Waals surface area contributed by atoms with Crippen molar-refractivity contribution in [3.05, 3.63) is 48.2 Å². The average molecular weight is 278 g/mol. The van der Waals surface area contributed by atoms with Gasteiger partial charge in [0.1, 0.15) is 0 Å². The second kappa shape index (κ2) is 3.46. The van der Waals surface area contributed by atoms with E-state index in [0.29, 0.717) is 0 Å². The van der Waals surface area contributed by atoms with E-state index in [0.717, 1.165) is 12.2 Å². The molecule has 0 saturated carbocycles. The van der Waals surface area contributed by atoms with Crippen LogP contribution in [-0.2, 0) is 13.6 Å². The molecule has 1 aliphatic heterocycles. The molecule has 3 aromatic heterocycles. The Labute approximate surface area is 119 Å². The Balaban J connectivity index is 1.97. The van der Waals surface area contributed by atoms with E-state index in [1.807, 2.05) is 23.6 Å². The van der Waals surface area contributed by atoms with Gasteiger partial charge in [0.15, 0.2) is 17.1 Å². The number of aryl methyl sites for hydroxylation is 1. The third-order valence-corrected chi connectivity index (χ3v) is 5.43. The van der Waals surface area contributed by atoms with Crippen LogP contribution in [0.25, 0.3) is 32.0 Å². The summed E-state index contributed by atoms with van der Waals surface area (Å²) >= 11 is 1.84. The minimum absolute atomic E-state index is 0.937. The van der Waals surface area contributed by atoms with Crippen molar-refractivity contribution in [2.45, 2.75) is 6.54 Å². The molecule has 0 unspecified atom stereocenters. The van der Waals surface area contributed by atoms with Crippen LogP contribution >= 0.6 is 11.3 Å². The molecule has 1 aromatic carbocycles. The summed E-state index contributed by atoms with van der Waals surface area (Å²) in [6, 6.07) is 12.8. The highest BCUT2D eigenvalue weighted by atomic mass is 32.1. The molecule has 0 bridgehead atoms. The Morgan fingerprint density at radius 1 is 1.20 bits per heavy atom. The quantitative estimate of drug-likeness (QED) is 0.399. The minimum Gasteiger partial charge on any atom is -0.330 e. The van der Waals surface area contributed by atoms with Crippen molar-refractivity contribution in [3.8, 4) is 10.7 Å². The van der Waals surface area contributed by atoms with Crippen LogP contribution in [0.1, 0.15) is 5.56 Å². The van der Waals surface area contributed by atoms with Crippen molar-refractivity contribution in [2.24, 2.45) is 7.05 Å². The minimum atomic E-state index is 0.937. The standard InChI is InChI=1S/C16H12N3S/c1-18-12-7-3-2-6-11(12)14-16(18)20-15-13-10(9-19(14)15)5-4-8-17-13/h2-8H,9H2,1H3/q+1. The molecule has 0 amide bonds. The first kappa shape index (κ1) is 10.6. The van der Waals surface area contributed by atoms with E-state index in [9.17, 15) is 0 Å². The first-order valence-corrected chi connectivity index (χ1v) is 7.50. The average Bonchev–Trinajstić information content (AvgIpc) is 3.09. The molecule has 0 aliphatic carbocycles. The zero-order valence-corrected chi connectivity index (χ0v) is 11.8. The maximum atomic E-state index is 4.57. The Kier molecular flexibility index (Phi) is 1.83. The largest absolute Gasteiger partial charge is 0.330 e. The summed E-state index contributed by atoms with van der Waals surface area (Å²) in [5.41, 5.74) is 5.13. The van der Waals surface area contributed by atoms with E-state index in [1.165, 1.54) is 31.8 Å². The summed E-state index contributed by atoms with van der Waals surface area (Å²) in [7, 11) is 2.15. The second-order valence-corrected chi connectivity index (χ2v) is 6.21. The number of aromatic nitrogens is 3. The lowest BCUT2D eigenvalue weighted by Gasteiger charge is -1.93. The highest BCUT2D eigenvalue weighted by molar-refractivity contribution is 7.21. The maximum Gasteiger partial charge on any atom is 0.291 e. The van der Waals surface area contributed by atoms with Gasteiger partial charge in [-0.05, 0) is 35.6 Å². The molecular weight excluding hydrogens is 266 g/mol. The van der Waals surface area contributed by atoms with Gasteiger partial charge in [-0.3, -0.25) is 0 Å². The highest BCUT2D eigenvalue weighted by Gasteiger charge is 2.35. The van der Waals surface area contributed by atoms with Gasteiger partial charge in [-0.1, -0.05) is 12.1 Å². The van der Waals surface area contributed by atoms with Crippen molar-refractivity contribution >= 4 is 32.6 Å². The smallest absolute Gasteiger partial charge is 0.291 e. The summed E-state index contributed by atoms with van der Waals surface area (Å²) < 4.78 is 4.71. The van der Waals surface area contributed by atoms with Gasteiger partial charge in [0.05, 0.1) is 16.5 Å². The molecule has 4 heteroatoms. The lowest BCUT2D eigenvalue weighted by Crippen LogP contribution is -2.30. The van der Waals surface area contributed by atoms with Crippen molar-refractivity contribution in [1.82, 2.24) is 9.55 Å². The van der Waals surface area contributed by atoms with E-state index in [1.54, 1.807) is 0 Å². The fourth-order valence-electron chi connectivity index (χ4n) is 3.23. The zero-order valence-electron chi connectivity index (χ0n) is 11.0. The van der Waals surface area contributed by atoms with E-state index in [4.69, 9.17) is 0 Å². The van der Waals surface area contributed by atoms with Crippen LogP contribution < -0.4 is 4.57 Å². The van der Waals surface area contributed by atoms with Crippen molar-refractivity contribution < 1.29 is 4.57 Å². The number of benzene rings is 1. The molecule has 5 rings (SSSR count). The van der Waals surface area contributed by atoms with Gasteiger partial charge >= 0.3 is 0 Å². The van der Waals surface area contributed by atoms with Crippen LogP contribution in [0.5, 0.6) is 0 Å². The van der Waals surface area contributed by atoms with Crippen LogP contribution in [0.15, 0.2) is 42.6 Å². The van der Waals surface area contributed by atoms with Crippen molar-refractivity contribution in [2.75, 3.05) is 0 Å². The molecule has 96 valence electrons. The van der Waals surface area contributed by atoms with E-state index >= 15 is 0 Å². The molecule has 3 nitrogen and oxygen atoms in total. The summed E-state index contributed by atoms with van der Waals surface area (Å²) in [5, 5.41) is 2.62.